The van der Waals surface area contributed by atoms with Crippen molar-refractivity contribution in [3.8, 4) is 11.6 Å². The fraction of sp³-hybridized carbons (Fsp3) is 0.200. The fourth-order valence-corrected chi connectivity index (χ4v) is 5.62. The molecule has 0 unspecified atom stereocenters. The Morgan fingerprint density at radius 1 is 0.805 bits per heavy atom. The van der Waals surface area contributed by atoms with E-state index in [0.29, 0.717) is 16.5 Å². The number of halogens is 2. The molecule has 1 N–H and O–H groups in total. The van der Waals surface area contributed by atoms with Crippen molar-refractivity contribution >= 4 is 57.3 Å². The van der Waals surface area contributed by atoms with E-state index in [4.69, 9.17) is 28.3 Å². The number of carboxylic acids is 1. The first-order chi connectivity index (χ1) is 19.6. The minimum atomic E-state index is -0.869. The lowest BCUT2D eigenvalue weighted by atomic mass is 10.1. The van der Waals surface area contributed by atoms with Gasteiger partial charge in [0.05, 0.1) is 28.8 Å². The number of hydrogen-bond acceptors (Lipinski definition) is 4. The average molecular weight is 591 g/mol. The second-order valence-electron chi connectivity index (χ2n) is 9.74. The topological polar surface area (TPSA) is 99.9 Å². The highest BCUT2D eigenvalue weighted by atomic mass is 35.5. The van der Waals surface area contributed by atoms with Crippen molar-refractivity contribution in [2.45, 2.75) is 26.7 Å². The predicted octanol–water partition coefficient (Wildman–Crippen LogP) is 6.02. The number of benzene rings is 2. The summed E-state index contributed by atoms with van der Waals surface area (Å²) < 4.78 is 7.51. The van der Waals surface area contributed by atoms with Gasteiger partial charge in [-0.1, -0.05) is 23.2 Å². The van der Waals surface area contributed by atoms with Crippen LogP contribution in [-0.4, -0.2) is 46.1 Å². The van der Waals surface area contributed by atoms with E-state index in [9.17, 15) is 9.59 Å². The van der Waals surface area contributed by atoms with Crippen LogP contribution in [-0.2, 0) is 36.5 Å². The summed E-state index contributed by atoms with van der Waals surface area (Å²) in [6, 6.07) is 15.4. The second-order valence-corrected chi connectivity index (χ2v) is 10.6. The molecule has 210 valence electrons. The molecule has 0 aliphatic carbocycles. The van der Waals surface area contributed by atoms with Crippen molar-refractivity contribution in [3.05, 3.63) is 93.5 Å². The third-order valence-electron chi connectivity index (χ3n) is 7.00. The molecule has 0 saturated heterocycles. The number of carboxylic acid groups (broad SMARTS) is 1. The molecule has 4 aromatic heterocycles. The minimum Gasteiger partial charge on any atom is -0.481 e. The van der Waals surface area contributed by atoms with Crippen LogP contribution in [0, 0.1) is 13.8 Å². The van der Waals surface area contributed by atoms with Crippen LogP contribution in [0.15, 0.2) is 60.9 Å². The van der Waals surface area contributed by atoms with Gasteiger partial charge in [0.2, 0.25) is 0 Å². The first-order valence-electron chi connectivity index (χ1n) is 12.8. The molecule has 41 heavy (non-hydrogen) atoms. The van der Waals surface area contributed by atoms with Gasteiger partial charge >= 0.3 is 5.97 Å². The summed E-state index contributed by atoms with van der Waals surface area (Å²) >= 11 is 12.0. The summed E-state index contributed by atoms with van der Waals surface area (Å²) in [5.74, 6) is 0.825. The molecule has 4 heterocycles. The maximum Gasteiger partial charge on any atom is 0.308 e. The van der Waals surface area contributed by atoms with Crippen LogP contribution in [0.3, 0.4) is 0 Å². The van der Waals surface area contributed by atoms with Crippen LogP contribution in [0.4, 0.5) is 0 Å². The predicted molar refractivity (Wildman–Crippen MR) is 161 cm³/mol. The van der Waals surface area contributed by atoms with Crippen LogP contribution in [0.1, 0.15) is 22.5 Å². The number of aryl methyl sites for hydroxylation is 4. The first kappa shape index (κ1) is 28.2. The van der Waals surface area contributed by atoms with Crippen LogP contribution < -0.4 is 0 Å². The minimum absolute atomic E-state index is 0.0533. The highest BCUT2D eigenvalue weighted by molar-refractivity contribution is 6.31. The van der Waals surface area contributed by atoms with E-state index < -0.39 is 5.97 Å². The standard InChI is InChI=1S/C15H14ClN3O2.C15H14ClN3O/c1-9-12(8-14(20)21)15(18(2)17-9)19-6-5-10-7-11(16)3-4-13(10)19;1-10-13(6-8-20)15(18(2)17-10)19-7-5-11-9-12(16)3-4-14(11)19/h3-7H,8H2,1-2H3,(H,20,21);3-5,7-9H,6H2,1-2H3. The Morgan fingerprint density at radius 2 is 1.27 bits per heavy atom. The molecule has 6 rings (SSSR count). The molecule has 0 atom stereocenters. The van der Waals surface area contributed by atoms with Gasteiger partial charge in [0.1, 0.15) is 17.9 Å². The summed E-state index contributed by atoms with van der Waals surface area (Å²) in [6.07, 6.45) is 5.11. The molecule has 6 aromatic rings. The number of hydrogen-bond donors (Lipinski definition) is 1. The number of carbonyl (C=O) groups is 2. The molecule has 0 fully saturated rings. The maximum absolute atomic E-state index is 11.1. The van der Waals surface area contributed by atoms with Gasteiger partial charge in [-0.2, -0.15) is 10.2 Å². The second kappa shape index (κ2) is 11.3. The highest BCUT2D eigenvalue weighted by Gasteiger charge is 2.19. The summed E-state index contributed by atoms with van der Waals surface area (Å²) in [7, 11) is 3.70. The van der Waals surface area contributed by atoms with Crippen LogP contribution >= 0.6 is 23.2 Å². The fourth-order valence-electron chi connectivity index (χ4n) is 5.26. The third-order valence-corrected chi connectivity index (χ3v) is 7.47. The lowest BCUT2D eigenvalue weighted by Crippen LogP contribution is -2.07. The van der Waals surface area contributed by atoms with E-state index in [1.54, 1.807) is 4.68 Å². The van der Waals surface area contributed by atoms with Gasteiger partial charge in [0, 0.05) is 64.9 Å². The van der Waals surface area contributed by atoms with E-state index in [1.165, 1.54) is 0 Å². The number of rotatable bonds is 6. The Bertz CT molecular complexity index is 1930. The zero-order valence-electron chi connectivity index (χ0n) is 23.0. The molecule has 2 aromatic carbocycles. The zero-order chi connectivity index (χ0) is 29.4. The Balaban J connectivity index is 0.000000165. The molecule has 11 heteroatoms. The van der Waals surface area contributed by atoms with Gasteiger partial charge < -0.3 is 19.0 Å². The Hall–Kier alpha value is -4.34. The maximum atomic E-state index is 11.1. The van der Waals surface area contributed by atoms with Crippen LogP contribution in [0.2, 0.25) is 10.0 Å². The van der Waals surface area contributed by atoms with Gasteiger partial charge in [-0.05, 0) is 62.4 Å². The van der Waals surface area contributed by atoms with Gasteiger partial charge in [-0.3, -0.25) is 14.2 Å². The van der Waals surface area contributed by atoms with Gasteiger partial charge in [0.25, 0.3) is 0 Å². The van der Waals surface area contributed by atoms with E-state index in [2.05, 4.69) is 10.2 Å². The summed E-state index contributed by atoms with van der Waals surface area (Å²) in [5, 5.41) is 21.3. The van der Waals surface area contributed by atoms with Crippen molar-refractivity contribution in [3.63, 3.8) is 0 Å². The molecular formula is C30H28Cl2N6O3. The Kier molecular flexibility index (Phi) is 7.75. The molecular weight excluding hydrogens is 563 g/mol. The quantitative estimate of drug-likeness (QED) is 0.239. The van der Waals surface area contributed by atoms with Gasteiger partial charge in [0.15, 0.2) is 0 Å². The largest absolute Gasteiger partial charge is 0.481 e. The number of aromatic nitrogens is 6. The SMILES string of the molecule is Cc1nn(C)c(-n2ccc3cc(Cl)ccc32)c1CC(=O)O.Cc1nn(C)c(-n2ccc3cc(Cl)ccc32)c1CC=O. The normalized spacial score (nSPS) is 11.2. The summed E-state index contributed by atoms with van der Waals surface area (Å²) in [6.45, 7) is 3.75. The molecule has 0 spiro atoms. The van der Waals surface area contributed by atoms with Crippen molar-refractivity contribution in [2.75, 3.05) is 0 Å². The number of fused-ring (bicyclic) bond motifs is 2. The Morgan fingerprint density at radius 3 is 1.73 bits per heavy atom. The van der Waals surface area contributed by atoms with Crippen molar-refractivity contribution in [2.24, 2.45) is 14.1 Å². The molecule has 0 bridgehead atoms. The van der Waals surface area contributed by atoms with Crippen molar-refractivity contribution < 1.29 is 14.7 Å². The number of carbonyl (C=O) groups excluding carboxylic acids is 1. The lowest BCUT2D eigenvalue weighted by Gasteiger charge is -2.09. The van der Waals surface area contributed by atoms with Gasteiger partial charge in [-0.25, -0.2) is 0 Å². The number of aldehydes is 1. The smallest absolute Gasteiger partial charge is 0.308 e. The van der Waals surface area contributed by atoms with E-state index in [-0.39, 0.29) is 6.42 Å². The lowest BCUT2D eigenvalue weighted by molar-refractivity contribution is -0.136. The third kappa shape index (κ3) is 5.38. The Labute approximate surface area is 246 Å². The zero-order valence-corrected chi connectivity index (χ0v) is 24.5. The molecule has 0 saturated carbocycles. The number of nitrogens with zero attached hydrogens (tertiary/aromatic N) is 6. The van der Waals surface area contributed by atoms with Gasteiger partial charge in [-0.15, -0.1) is 0 Å². The van der Waals surface area contributed by atoms with E-state index in [0.717, 1.165) is 62.2 Å². The number of aliphatic carboxylic acids is 1. The van der Waals surface area contributed by atoms with Crippen LogP contribution in [0.5, 0.6) is 0 Å². The molecule has 0 aliphatic rings. The molecule has 0 radical (unpaired) electrons. The highest BCUT2D eigenvalue weighted by Crippen LogP contribution is 2.28. The summed E-state index contributed by atoms with van der Waals surface area (Å²) in [5.41, 5.74) is 5.29. The van der Waals surface area contributed by atoms with Crippen molar-refractivity contribution in [1.82, 2.24) is 28.7 Å². The van der Waals surface area contributed by atoms with Crippen molar-refractivity contribution in [1.29, 1.82) is 0 Å². The molecule has 0 amide bonds. The van der Waals surface area contributed by atoms with E-state index in [1.807, 2.05) is 103 Å². The monoisotopic (exact) mass is 590 g/mol. The summed E-state index contributed by atoms with van der Waals surface area (Å²) in [4.78, 5) is 22.0. The van der Waals surface area contributed by atoms with Crippen LogP contribution in [0.25, 0.3) is 33.4 Å². The molecule has 0 aliphatic heterocycles. The van der Waals surface area contributed by atoms with E-state index >= 15 is 0 Å². The first-order valence-corrected chi connectivity index (χ1v) is 13.6. The molecule has 9 nitrogen and oxygen atoms in total. The average Bonchev–Trinajstić information content (AvgIpc) is 3.64.